The normalized spacial score (nSPS) is 16.0. The molecule has 1 aliphatic rings. The molecule has 0 aromatic heterocycles. The Labute approximate surface area is 175 Å². The van der Waals surface area contributed by atoms with Crippen molar-refractivity contribution in [3.63, 3.8) is 0 Å². The van der Waals surface area contributed by atoms with Gasteiger partial charge in [-0.3, -0.25) is 9.59 Å². The molecule has 0 aliphatic heterocycles. The van der Waals surface area contributed by atoms with Crippen LogP contribution in [0.5, 0.6) is 0 Å². The first-order valence-corrected chi connectivity index (χ1v) is 10.7. The van der Waals surface area contributed by atoms with Gasteiger partial charge in [0.1, 0.15) is 0 Å². The highest BCUT2D eigenvalue weighted by molar-refractivity contribution is 5.99. The third-order valence-electron chi connectivity index (χ3n) is 6.12. The Morgan fingerprint density at radius 3 is 1.83 bits per heavy atom. The van der Waals surface area contributed by atoms with Crippen molar-refractivity contribution in [3.05, 3.63) is 48.0 Å². The molecule has 4 heteroatoms. The van der Waals surface area contributed by atoms with Crippen LogP contribution in [0.2, 0.25) is 0 Å². The molecule has 3 rings (SSSR count). The van der Waals surface area contributed by atoms with Gasteiger partial charge in [0, 0.05) is 0 Å². The van der Waals surface area contributed by atoms with Crippen LogP contribution in [0.25, 0.3) is 10.8 Å². The van der Waals surface area contributed by atoms with Gasteiger partial charge in [0.25, 0.3) is 0 Å². The number of benzene rings is 2. The van der Waals surface area contributed by atoms with E-state index in [0.29, 0.717) is 5.92 Å². The van der Waals surface area contributed by atoms with E-state index in [4.69, 9.17) is 10.2 Å². The van der Waals surface area contributed by atoms with Gasteiger partial charge in [-0.25, -0.2) is 0 Å². The Morgan fingerprint density at radius 1 is 0.897 bits per heavy atom. The van der Waals surface area contributed by atoms with Crippen molar-refractivity contribution in [1.29, 1.82) is 0 Å². The van der Waals surface area contributed by atoms with E-state index in [1.807, 2.05) is 27.7 Å². The maximum Gasteiger partial charge on any atom is 0.321 e. The molecule has 0 amide bonds. The van der Waals surface area contributed by atoms with Crippen molar-refractivity contribution in [2.45, 2.75) is 73.1 Å². The molecule has 0 heterocycles. The van der Waals surface area contributed by atoms with Crippen LogP contribution in [0.15, 0.2) is 42.5 Å². The van der Waals surface area contributed by atoms with Crippen LogP contribution in [-0.4, -0.2) is 22.2 Å². The molecular weight excluding hydrogens is 364 g/mol. The van der Waals surface area contributed by atoms with Crippen molar-refractivity contribution in [3.8, 4) is 0 Å². The quantitative estimate of drug-likeness (QED) is 0.546. The lowest BCUT2D eigenvalue weighted by molar-refractivity contribution is -0.184. The molecule has 4 nitrogen and oxygen atoms in total. The minimum Gasteiger partial charge on any atom is -0.480 e. The highest BCUT2D eigenvalue weighted by atomic mass is 16.4. The summed E-state index contributed by atoms with van der Waals surface area (Å²) in [5, 5.41) is 20.5. The van der Waals surface area contributed by atoms with E-state index in [-0.39, 0.29) is 18.3 Å². The lowest BCUT2D eigenvalue weighted by atomic mass is 9.50. The molecule has 29 heavy (non-hydrogen) atoms. The molecule has 0 radical (unpaired) electrons. The topological polar surface area (TPSA) is 74.6 Å². The van der Waals surface area contributed by atoms with Gasteiger partial charge in [0.15, 0.2) is 5.41 Å². The second-order valence-electron chi connectivity index (χ2n) is 7.98. The second kappa shape index (κ2) is 10.4. The Morgan fingerprint density at radius 2 is 1.38 bits per heavy atom. The summed E-state index contributed by atoms with van der Waals surface area (Å²) in [5.41, 5.74) is -0.124. The molecule has 0 saturated heterocycles. The zero-order valence-electron chi connectivity index (χ0n) is 18.7. The van der Waals surface area contributed by atoms with Crippen molar-refractivity contribution in [1.82, 2.24) is 0 Å². The molecule has 1 saturated carbocycles. The van der Waals surface area contributed by atoms with E-state index in [2.05, 4.69) is 56.3 Å². The fourth-order valence-corrected chi connectivity index (χ4v) is 4.13. The van der Waals surface area contributed by atoms with Crippen LogP contribution >= 0.6 is 0 Å². The second-order valence-corrected chi connectivity index (χ2v) is 7.98. The molecule has 1 fully saturated rings. The van der Waals surface area contributed by atoms with Gasteiger partial charge >= 0.3 is 11.9 Å². The van der Waals surface area contributed by atoms with Crippen molar-refractivity contribution < 1.29 is 19.8 Å². The van der Waals surface area contributed by atoms with Crippen LogP contribution in [-0.2, 0) is 9.59 Å². The number of hydrogen-bond donors (Lipinski definition) is 2. The fourth-order valence-electron chi connectivity index (χ4n) is 4.13. The largest absolute Gasteiger partial charge is 0.480 e. The van der Waals surface area contributed by atoms with E-state index < -0.39 is 17.4 Å². The monoisotopic (exact) mass is 400 g/mol. The van der Waals surface area contributed by atoms with Gasteiger partial charge in [0.2, 0.25) is 0 Å². The fraction of sp³-hybridized carbons (Fsp3) is 0.520. The summed E-state index contributed by atoms with van der Waals surface area (Å²) in [5.74, 6) is -1.78. The zero-order valence-corrected chi connectivity index (χ0v) is 18.7. The Kier molecular flexibility index (Phi) is 8.87. The predicted molar refractivity (Wildman–Crippen MR) is 119 cm³/mol. The highest BCUT2D eigenvalue weighted by Gasteiger charge is 2.62. The number of carboxylic acid groups (broad SMARTS) is 2. The van der Waals surface area contributed by atoms with E-state index in [9.17, 15) is 9.59 Å². The van der Waals surface area contributed by atoms with E-state index in [0.717, 1.165) is 12.8 Å². The molecule has 0 atom stereocenters. The molecule has 2 aromatic carbocycles. The van der Waals surface area contributed by atoms with Crippen LogP contribution in [0.4, 0.5) is 0 Å². The third kappa shape index (κ3) is 5.17. The van der Waals surface area contributed by atoms with Crippen LogP contribution < -0.4 is 0 Å². The molecule has 1 aliphatic carbocycles. The Hall–Kier alpha value is -2.36. The predicted octanol–water partition coefficient (Wildman–Crippen LogP) is 6.73. The molecule has 0 unspecified atom stereocenters. The summed E-state index contributed by atoms with van der Waals surface area (Å²) in [6, 6.07) is 15.1. The van der Waals surface area contributed by atoms with Gasteiger partial charge in [-0.05, 0) is 40.5 Å². The maximum absolute atomic E-state index is 10.9. The SMILES string of the molecule is CC.CC(C)c1cccc2ccccc12.CCC1(CC)CC(C(=O)O)(C(=O)O)C1. The number of rotatable bonds is 5. The number of carboxylic acids is 2. The average molecular weight is 401 g/mol. The molecule has 2 N–H and O–H groups in total. The molecule has 0 spiro atoms. The molecular formula is C25H36O4. The van der Waals surface area contributed by atoms with Crippen molar-refractivity contribution in [2.24, 2.45) is 10.8 Å². The van der Waals surface area contributed by atoms with E-state index >= 15 is 0 Å². The summed E-state index contributed by atoms with van der Waals surface area (Å²) in [4.78, 5) is 21.8. The number of fused-ring (bicyclic) bond motifs is 1. The van der Waals surface area contributed by atoms with Gasteiger partial charge in [-0.2, -0.15) is 0 Å². The summed E-state index contributed by atoms with van der Waals surface area (Å²) in [6.45, 7) is 12.4. The van der Waals surface area contributed by atoms with E-state index in [1.165, 1.54) is 16.3 Å². The number of hydrogen-bond acceptors (Lipinski definition) is 2. The maximum atomic E-state index is 10.9. The summed E-state index contributed by atoms with van der Waals surface area (Å²) in [6.07, 6.45) is 2.26. The number of carbonyl (C=O) groups is 2. The first-order valence-electron chi connectivity index (χ1n) is 10.7. The standard InChI is InChI=1S/C13H14.C10H16O4.C2H6/c1-10(2)12-9-5-7-11-6-3-4-8-13(11)12;1-3-9(4-2)5-10(6-9,7(11)12)8(13)14;1-2/h3-10H,1-2H3;3-6H2,1-2H3,(H,11,12)(H,13,14);1-2H3. The van der Waals surface area contributed by atoms with Gasteiger partial charge < -0.3 is 10.2 Å². The lowest BCUT2D eigenvalue weighted by Gasteiger charge is -2.51. The molecule has 0 bridgehead atoms. The summed E-state index contributed by atoms with van der Waals surface area (Å²) >= 11 is 0. The average Bonchev–Trinajstić information content (AvgIpc) is 2.69. The van der Waals surface area contributed by atoms with Gasteiger partial charge in [-0.1, -0.05) is 96.8 Å². The first kappa shape index (κ1) is 24.7. The first-order chi connectivity index (χ1) is 13.7. The third-order valence-corrected chi connectivity index (χ3v) is 6.12. The van der Waals surface area contributed by atoms with E-state index in [1.54, 1.807) is 0 Å². The molecule has 2 aromatic rings. The lowest BCUT2D eigenvalue weighted by Crippen LogP contribution is -2.55. The Bertz CT molecular complexity index is 789. The van der Waals surface area contributed by atoms with Gasteiger partial charge in [-0.15, -0.1) is 0 Å². The Balaban J connectivity index is 0.000000268. The minimum absolute atomic E-state index is 0.0588. The van der Waals surface area contributed by atoms with Crippen LogP contribution in [0, 0.1) is 10.8 Å². The smallest absolute Gasteiger partial charge is 0.321 e. The van der Waals surface area contributed by atoms with Crippen molar-refractivity contribution in [2.75, 3.05) is 0 Å². The minimum atomic E-state index is -1.51. The van der Waals surface area contributed by atoms with Crippen molar-refractivity contribution >= 4 is 22.7 Å². The number of aliphatic carboxylic acids is 2. The zero-order chi connectivity index (χ0) is 22.2. The highest BCUT2D eigenvalue weighted by Crippen LogP contribution is 2.58. The van der Waals surface area contributed by atoms with Crippen LogP contribution in [0.1, 0.15) is 78.7 Å². The summed E-state index contributed by atoms with van der Waals surface area (Å²) in [7, 11) is 0. The molecule has 160 valence electrons. The van der Waals surface area contributed by atoms with Crippen LogP contribution in [0.3, 0.4) is 0 Å². The van der Waals surface area contributed by atoms with Gasteiger partial charge in [0.05, 0.1) is 0 Å². The summed E-state index contributed by atoms with van der Waals surface area (Å²) < 4.78 is 0.